The van der Waals surface area contributed by atoms with Crippen LogP contribution in [-0.2, 0) is 17.9 Å². The third-order valence-electron chi connectivity index (χ3n) is 3.98. The molecule has 2 heterocycles. The average molecular weight is 325 g/mol. The van der Waals surface area contributed by atoms with Crippen LogP contribution >= 0.6 is 0 Å². The predicted molar refractivity (Wildman–Crippen MR) is 92.0 cm³/mol. The second-order valence-corrected chi connectivity index (χ2v) is 5.72. The van der Waals surface area contributed by atoms with Crippen molar-refractivity contribution in [3.05, 3.63) is 53.2 Å². The van der Waals surface area contributed by atoms with Gasteiger partial charge in [-0.1, -0.05) is 43.7 Å². The number of rotatable bonds is 6. The number of benzene rings is 1. The summed E-state index contributed by atoms with van der Waals surface area (Å²) in [6, 6.07) is 9.55. The molecule has 24 heavy (non-hydrogen) atoms. The van der Waals surface area contributed by atoms with Crippen LogP contribution in [0.25, 0.3) is 22.2 Å². The molecule has 0 fully saturated rings. The maximum Gasteiger partial charge on any atom is 0.323 e. The lowest BCUT2D eigenvalue weighted by Crippen LogP contribution is -2.23. The highest BCUT2D eigenvalue weighted by Gasteiger charge is 2.17. The minimum atomic E-state index is -0.991. The van der Waals surface area contributed by atoms with Gasteiger partial charge in [-0.25, -0.2) is 4.98 Å². The third kappa shape index (κ3) is 2.95. The van der Waals surface area contributed by atoms with Gasteiger partial charge in [0.25, 0.3) is 5.56 Å². The Balaban J connectivity index is 2.23. The fourth-order valence-corrected chi connectivity index (χ4v) is 2.80. The Bertz CT molecular complexity index is 926. The number of nitrogens with zero attached hydrogens (tertiary/aromatic N) is 3. The number of fused-ring (bicyclic) bond motifs is 1. The Hall–Kier alpha value is -2.89. The lowest BCUT2D eigenvalue weighted by Gasteiger charge is -2.06. The van der Waals surface area contributed by atoms with Gasteiger partial charge in [-0.05, 0) is 12.0 Å². The molecule has 3 aromatic rings. The Morgan fingerprint density at radius 1 is 1.21 bits per heavy atom. The van der Waals surface area contributed by atoms with Gasteiger partial charge in [-0.2, -0.15) is 0 Å². The van der Waals surface area contributed by atoms with E-state index in [1.807, 2.05) is 30.3 Å². The number of carboxylic acid groups (broad SMARTS) is 1. The fourth-order valence-electron chi connectivity index (χ4n) is 2.80. The SMILES string of the molecule is CCCCn1cnc2c(-c3ccccc3)cn(CC(=O)O)c2c1=O. The topological polar surface area (TPSA) is 77.1 Å². The van der Waals surface area contributed by atoms with E-state index < -0.39 is 5.97 Å². The van der Waals surface area contributed by atoms with Crippen LogP contribution in [0.4, 0.5) is 0 Å². The van der Waals surface area contributed by atoms with Crippen molar-refractivity contribution in [3.8, 4) is 11.1 Å². The number of carbonyl (C=O) groups is 1. The molecule has 0 atom stereocenters. The van der Waals surface area contributed by atoms with Gasteiger partial charge >= 0.3 is 5.97 Å². The molecule has 0 aliphatic heterocycles. The molecule has 1 aromatic carbocycles. The largest absolute Gasteiger partial charge is 0.480 e. The summed E-state index contributed by atoms with van der Waals surface area (Å²) >= 11 is 0. The smallest absolute Gasteiger partial charge is 0.323 e. The van der Waals surface area contributed by atoms with E-state index in [0.717, 1.165) is 24.0 Å². The molecule has 0 aliphatic carbocycles. The van der Waals surface area contributed by atoms with Gasteiger partial charge in [0.2, 0.25) is 0 Å². The monoisotopic (exact) mass is 325 g/mol. The lowest BCUT2D eigenvalue weighted by atomic mass is 10.1. The molecule has 0 amide bonds. The summed E-state index contributed by atoms with van der Waals surface area (Å²) in [7, 11) is 0. The molecule has 0 spiro atoms. The summed E-state index contributed by atoms with van der Waals surface area (Å²) in [5, 5.41) is 9.16. The molecule has 0 saturated carbocycles. The van der Waals surface area contributed by atoms with E-state index in [0.29, 0.717) is 17.6 Å². The first-order valence-corrected chi connectivity index (χ1v) is 7.97. The van der Waals surface area contributed by atoms with Crippen LogP contribution < -0.4 is 5.56 Å². The summed E-state index contributed by atoms with van der Waals surface area (Å²) in [4.78, 5) is 28.4. The van der Waals surface area contributed by atoms with Gasteiger partial charge in [0.05, 0.1) is 6.33 Å². The number of aliphatic carboxylic acids is 1. The molecule has 0 unspecified atom stereocenters. The minimum Gasteiger partial charge on any atom is -0.480 e. The maximum absolute atomic E-state index is 12.8. The van der Waals surface area contributed by atoms with E-state index in [1.54, 1.807) is 17.1 Å². The first-order chi connectivity index (χ1) is 11.6. The van der Waals surface area contributed by atoms with Crippen LogP contribution in [0.5, 0.6) is 0 Å². The number of carboxylic acids is 1. The van der Waals surface area contributed by atoms with E-state index >= 15 is 0 Å². The fraction of sp³-hybridized carbons (Fsp3) is 0.278. The summed E-state index contributed by atoms with van der Waals surface area (Å²) in [6.07, 6.45) is 5.10. The van der Waals surface area contributed by atoms with Crippen LogP contribution in [0.15, 0.2) is 47.7 Å². The van der Waals surface area contributed by atoms with Crippen molar-refractivity contribution in [2.24, 2.45) is 0 Å². The number of hydrogen-bond acceptors (Lipinski definition) is 3. The Labute approximate surface area is 139 Å². The molecule has 6 nitrogen and oxygen atoms in total. The highest BCUT2D eigenvalue weighted by atomic mass is 16.4. The summed E-state index contributed by atoms with van der Waals surface area (Å²) < 4.78 is 3.04. The molecule has 2 aromatic heterocycles. The average Bonchev–Trinajstić information content (AvgIpc) is 2.93. The standard InChI is InChI=1S/C18H19N3O3/c1-2-3-9-20-12-19-16-14(13-7-5-4-6-8-13)10-21(11-15(22)23)17(16)18(20)24/h4-8,10,12H,2-3,9,11H2,1H3,(H,22,23). The van der Waals surface area contributed by atoms with Crippen molar-refractivity contribution >= 4 is 17.0 Å². The van der Waals surface area contributed by atoms with Gasteiger partial charge in [-0.3, -0.25) is 14.2 Å². The van der Waals surface area contributed by atoms with Gasteiger partial charge in [0.15, 0.2) is 0 Å². The summed E-state index contributed by atoms with van der Waals surface area (Å²) in [6.45, 7) is 2.37. The first kappa shape index (κ1) is 16.0. The number of unbranched alkanes of at least 4 members (excludes halogenated alkanes) is 1. The molecule has 6 heteroatoms. The van der Waals surface area contributed by atoms with Crippen LogP contribution in [0.2, 0.25) is 0 Å². The van der Waals surface area contributed by atoms with Crippen molar-refractivity contribution < 1.29 is 9.90 Å². The first-order valence-electron chi connectivity index (χ1n) is 7.97. The number of aromatic nitrogens is 3. The molecule has 0 bridgehead atoms. The quantitative estimate of drug-likeness (QED) is 0.756. The Kier molecular flexibility index (Phi) is 4.46. The van der Waals surface area contributed by atoms with Crippen molar-refractivity contribution in [1.29, 1.82) is 0 Å². The van der Waals surface area contributed by atoms with Crippen LogP contribution in [0.3, 0.4) is 0 Å². The zero-order valence-electron chi connectivity index (χ0n) is 13.5. The molecule has 0 saturated heterocycles. The highest BCUT2D eigenvalue weighted by Crippen LogP contribution is 2.27. The normalized spacial score (nSPS) is 11.0. The van der Waals surface area contributed by atoms with Crippen LogP contribution in [0.1, 0.15) is 19.8 Å². The van der Waals surface area contributed by atoms with Gasteiger partial charge in [0, 0.05) is 18.3 Å². The third-order valence-corrected chi connectivity index (χ3v) is 3.98. The van der Waals surface area contributed by atoms with Gasteiger partial charge in [0.1, 0.15) is 17.6 Å². The zero-order chi connectivity index (χ0) is 17.1. The minimum absolute atomic E-state index is 0.197. The summed E-state index contributed by atoms with van der Waals surface area (Å²) in [5.41, 5.74) is 2.36. The van der Waals surface area contributed by atoms with E-state index in [1.165, 1.54) is 4.57 Å². The van der Waals surface area contributed by atoms with Gasteiger partial charge in [-0.15, -0.1) is 0 Å². The van der Waals surface area contributed by atoms with Crippen LogP contribution in [-0.4, -0.2) is 25.2 Å². The molecular weight excluding hydrogens is 306 g/mol. The van der Waals surface area contributed by atoms with Crippen molar-refractivity contribution in [2.75, 3.05) is 0 Å². The molecule has 0 radical (unpaired) electrons. The van der Waals surface area contributed by atoms with Crippen molar-refractivity contribution in [3.63, 3.8) is 0 Å². The van der Waals surface area contributed by atoms with E-state index in [9.17, 15) is 9.59 Å². The van der Waals surface area contributed by atoms with E-state index in [4.69, 9.17) is 5.11 Å². The van der Waals surface area contributed by atoms with Crippen LogP contribution in [0, 0.1) is 0 Å². The Morgan fingerprint density at radius 2 is 1.96 bits per heavy atom. The predicted octanol–water partition coefficient (Wildman–Crippen LogP) is 2.75. The maximum atomic E-state index is 12.8. The second-order valence-electron chi connectivity index (χ2n) is 5.72. The Morgan fingerprint density at radius 3 is 2.62 bits per heavy atom. The number of hydrogen-bond donors (Lipinski definition) is 1. The molecule has 1 N–H and O–H groups in total. The number of aryl methyl sites for hydroxylation is 1. The van der Waals surface area contributed by atoms with Crippen molar-refractivity contribution in [1.82, 2.24) is 14.1 Å². The lowest BCUT2D eigenvalue weighted by molar-refractivity contribution is -0.137. The zero-order valence-corrected chi connectivity index (χ0v) is 13.5. The molecule has 124 valence electrons. The van der Waals surface area contributed by atoms with E-state index in [2.05, 4.69) is 11.9 Å². The molecule has 0 aliphatic rings. The molecular formula is C18H19N3O3. The van der Waals surface area contributed by atoms with Gasteiger partial charge < -0.3 is 9.67 Å². The molecule has 3 rings (SSSR count). The summed E-state index contributed by atoms with van der Waals surface area (Å²) in [5.74, 6) is -0.991. The van der Waals surface area contributed by atoms with Crippen molar-refractivity contribution in [2.45, 2.75) is 32.9 Å². The highest BCUT2D eigenvalue weighted by molar-refractivity contribution is 5.93. The second kappa shape index (κ2) is 6.70. The van der Waals surface area contributed by atoms with E-state index in [-0.39, 0.29) is 12.1 Å².